The van der Waals surface area contributed by atoms with E-state index in [0.29, 0.717) is 0 Å². The van der Waals surface area contributed by atoms with Crippen LogP contribution in [0.1, 0.15) is 11.1 Å². The molecule has 0 bridgehead atoms. The lowest BCUT2D eigenvalue weighted by Crippen LogP contribution is -2.51. The summed E-state index contributed by atoms with van der Waals surface area (Å²) in [5.74, 6) is 0. The molecule has 0 spiro atoms. The largest absolute Gasteiger partial charge is 0.394 e. The average Bonchev–Trinajstić information content (AvgIpc) is 2.73. The second-order valence-electron chi connectivity index (χ2n) is 6.18. The van der Waals surface area contributed by atoms with Crippen LogP contribution in [-0.4, -0.2) is 62.8 Å². The summed E-state index contributed by atoms with van der Waals surface area (Å²) >= 11 is 0. The minimum Gasteiger partial charge on any atom is -0.394 e. The van der Waals surface area contributed by atoms with Crippen molar-refractivity contribution in [3.8, 4) is 0 Å². The van der Waals surface area contributed by atoms with Crippen LogP contribution in [-0.2, 0) is 22.7 Å². The Morgan fingerprint density at radius 3 is 1.48 bits per heavy atom. The third-order valence-electron chi connectivity index (χ3n) is 4.07. The normalized spacial score (nSPS) is 16.1. The predicted molar refractivity (Wildman–Crippen MR) is 97.4 cm³/mol. The second-order valence-corrected chi connectivity index (χ2v) is 6.18. The van der Waals surface area contributed by atoms with Crippen molar-refractivity contribution in [3.05, 3.63) is 71.8 Å². The fraction of sp³-hybridized carbons (Fsp3) is 0.400. The van der Waals surface area contributed by atoms with E-state index in [1.54, 1.807) is 0 Å². The molecule has 148 valence electrons. The molecule has 0 aromatic heterocycles. The van der Waals surface area contributed by atoms with Gasteiger partial charge in [0.15, 0.2) is 6.29 Å². The van der Waals surface area contributed by atoms with Crippen molar-refractivity contribution in [2.75, 3.05) is 6.61 Å². The molecule has 0 aliphatic heterocycles. The summed E-state index contributed by atoms with van der Waals surface area (Å²) < 4.78 is 11.2. The molecule has 0 radical (unpaired) electrons. The van der Waals surface area contributed by atoms with Gasteiger partial charge in [0.25, 0.3) is 0 Å². The van der Waals surface area contributed by atoms with Gasteiger partial charge in [-0.3, -0.25) is 0 Å². The van der Waals surface area contributed by atoms with E-state index < -0.39 is 37.3 Å². The molecule has 7 heteroatoms. The number of hydrogen-bond donors (Lipinski definition) is 5. The van der Waals surface area contributed by atoms with E-state index in [4.69, 9.17) is 14.6 Å². The predicted octanol–water partition coefficient (Wildman–Crippen LogP) is 0.182. The molecular weight excluding hydrogens is 352 g/mol. The van der Waals surface area contributed by atoms with Crippen molar-refractivity contribution >= 4 is 0 Å². The van der Waals surface area contributed by atoms with Crippen molar-refractivity contribution in [2.24, 2.45) is 0 Å². The van der Waals surface area contributed by atoms with Gasteiger partial charge in [-0.2, -0.15) is 0 Å². The molecule has 5 N–H and O–H groups in total. The molecule has 0 amide bonds. The molecule has 2 rings (SSSR count). The maximum absolute atomic E-state index is 10.4. The van der Waals surface area contributed by atoms with Crippen LogP contribution >= 0.6 is 0 Å². The highest BCUT2D eigenvalue weighted by Crippen LogP contribution is 2.16. The fourth-order valence-corrected chi connectivity index (χ4v) is 2.45. The van der Waals surface area contributed by atoms with Gasteiger partial charge in [0.1, 0.15) is 24.4 Å². The summed E-state index contributed by atoms with van der Waals surface area (Å²) in [5.41, 5.74) is 1.67. The minimum atomic E-state index is -1.77. The number of rotatable bonds is 11. The Kier molecular flexibility index (Phi) is 8.83. The molecular formula is C20H26O7. The van der Waals surface area contributed by atoms with E-state index in [2.05, 4.69) is 0 Å². The van der Waals surface area contributed by atoms with Crippen LogP contribution in [0.4, 0.5) is 0 Å². The Morgan fingerprint density at radius 2 is 1.07 bits per heavy atom. The maximum Gasteiger partial charge on any atom is 0.186 e. The summed E-state index contributed by atoms with van der Waals surface area (Å²) in [7, 11) is 0. The molecule has 2 aromatic rings. The molecule has 0 fully saturated rings. The van der Waals surface area contributed by atoms with Crippen LogP contribution in [0.5, 0.6) is 0 Å². The van der Waals surface area contributed by atoms with E-state index >= 15 is 0 Å². The molecule has 0 saturated carbocycles. The SMILES string of the molecule is OC[C@@H](O)[C@@H](O)[C@H](O)[C@H](O)C(OCc1ccccc1)OCc1ccccc1. The first-order chi connectivity index (χ1) is 13.0. The van der Waals surface area contributed by atoms with Gasteiger partial charge in [-0.1, -0.05) is 60.7 Å². The first-order valence-corrected chi connectivity index (χ1v) is 8.67. The number of aliphatic hydroxyl groups excluding tert-OH is 5. The molecule has 0 aliphatic rings. The van der Waals surface area contributed by atoms with Gasteiger partial charge in [-0.15, -0.1) is 0 Å². The van der Waals surface area contributed by atoms with E-state index in [1.807, 2.05) is 60.7 Å². The zero-order valence-corrected chi connectivity index (χ0v) is 14.8. The number of aliphatic hydroxyl groups is 5. The highest BCUT2D eigenvalue weighted by atomic mass is 16.7. The summed E-state index contributed by atoms with van der Waals surface area (Å²) in [6.07, 6.45) is -8.04. The summed E-state index contributed by atoms with van der Waals surface area (Å²) in [6.45, 7) is -0.531. The topological polar surface area (TPSA) is 120 Å². The van der Waals surface area contributed by atoms with Gasteiger partial charge in [-0.05, 0) is 11.1 Å². The molecule has 0 saturated heterocycles. The lowest BCUT2D eigenvalue weighted by molar-refractivity contribution is -0.240. The molecule has 0 aliphatic carbocycles. The van der Waals surface area contributed by atoms with Crippen LogP contribution in [0.25, 0.3) is 0 Å². The fourth-order valence-electron chi connectivity index (χ4n) is 2.45. The molecule has 27 heavy (non-hydrogen) atoms. The lowest BCUT2D eigenvalue weighted by atomic mass is 10.0. The molecule has 0 unspecified atom stereocenters. The van der Waals surface area contributed by atoms with Crippen molar-refractivity contribution in [3.63, 3.8) is 0 Å². The first kappa shape index (κ1) is 21.5. The Morgan fingerprint density at radius 1 is 0.630 bits per heavy atom. The zero-order valence-electron chi connectivity index (χ0n) is 14.8. The van der Waals surface area contributed by atoms with Crippen molar-refractivity contribution in [2.45, 2.75) is 43.9 Å². The quantitative estimate of drug-likeness (QED) is 0.354. The zero-order chi connectivity index (χ0) is 19.6. The van der Waals surface area contributed by atoms with Crippen LogP contribution in [0.2, 0.25) is 0 Å². The van der Waals surface area contributed by atoms with Gasteiger partial charge in [0.05, 0.1) is 19.8 Å². The Bertz CT molecular complexity index is 594. The molecule has 0 heterocycles. The molecule has 2 aromatic carbocycles. The minimum absolute atomic E-state index is 0.114. The third kappa shape index (κ3) is 6.67. The van der Waals surface area contributed by atoms with E-state index in [9.17, 15) is 20.4 Å². The number of ether oxygens (including phenoxy) is 2. The van der Waals surface area contributed by atoms with Crippen LogP contribution < -0.4 is 0 Å². The summed E-state index contributed by atoms with van der Waals surface area (Å²) in [6, 6.07) is 18.4. The highest BCUT2D eigenvalue weighted by Gasteiger charge is 2.36. The van der Waals surface area contributed by atoms with Gasteiger partial charge in [0.2, 0.25) is 0 Å². The van der Waals surface area contributed by atoms with Crippen LogP contribution in [0.15, 0.2) is 60.7 Å². The van der Waals surface area contributed by atoms with E-state index in [0.717, 1.165) is 11.1 Å². The maximum atomic E-state index is 10.4. The summed E-state index contributed by atoms with van der Waals surface area (Å²) in [5, 5.41) is 48.8. The first-order valence-electron chi connectivity index (χ1n) is 8.67. The lowest BCUT2D eigenvalue weighted by Gasteiger charge is -2.31. The second kappa shape index (κ2) is 11.1. The Labute approximate surface area is 158 Å². The standard InChI is InChI=1S/C20H26O7/c21-11-16(22)17(23)18(24)19(25)20(26-12-14-7-3-1-4-8-14)27-13-15-9-5-2-6-10-15/h1-10,16-25H,11-13H2/t16-,17-,18+,19+/m1/s1. The Balaban J connectivity index is 2.04. The van der Waals surface area contributed by atoms with E-state index in [-0.39, 0.29) is 13.2 Å². The number of benzene rings is 2. The monoisotopic (exact) mass is 378 g/mol. The number of hydrogen-bond acceptors (Lipinski definition) is 7. The van der Waals surface area contributed by atoms with Crippen molar-refractivity contribution in [1.82, 2.24) is 0 Å². The molecule has 7 nitrogen and oxygen atoms in total. The smallest absolute Gasteiger partial charge is 0.186 e. The molecule has 4 atom stereocenters. The average molecular weight is 378 g/mol. The van der Waals surface area contributed by atoms with Gasteiger partial charge in [-0.25, -0.2) is 0 Å². The van der Waals surface area contributed by atoms with Crippen LogP contribution in [0.3, 0.4) is 0 Å². The Hall–Kier alpha value is -1.84. The van der Waals surface area contributed by atoms with Gasteiger partial charge < -0.3 is 35.0 Å². The highest BCUT2D eigenvalue weighted by molar-refractivity contribution is 5.14. The van der Waals surface area contributed by atoms with Crippen molar-refractivity contribution < 1.29 is 35.0 Å². The van der Waals surface area contributed by atoms with Crippen LogP contribution in [0, 0.1) is 0 Å². The third-order valence-corrected chi connectivity index (χ3v) is 4.07. The van der Waals surface area contributed by atoms with E-state index in [1.165, 1.54) is 0 Å². The van der Waals surface area contributed by atoms with Gasteiger partial charge >= 0.3 is 0 Å². The van der Waals surface area contributed by atoms with Gasteiger partial charge in [0, 0.05) is 0 Å². The van der Waals surface area contributed by atoms with Crippen molar-refractivity contribution in [1.29, 1.82) is 0 Å². The summed E-state index contributed by atoms with van der Waals surface area (Å²) in [4.78, 5) is 0.